The zero-order valence-corrected chi connectivity index (χ0v) is 10.0. The minimum Gasteiger partial charge on any atom is -0.386 e. The first-order valence-electron chi connectivity index (χ1n) is 5.68. The van der Waals surface area contributed by atoms with Gasteiger partial charge in [0, 0.05) is 19.2 Å². The molecule has 0 fully saturated rings. The van der Waals surface area contributed by atoms with E-state index in [9.17, 15) is 5.11 Å². The number of aliphatic hydroxyl groups excluding tert-OH is 1. The van der Waals surface area contributed by atoms with Crippen LogP contribution in [0.1, 0.15) is 30.1 Å². The van der Waals surface area contributed by atoms with Crippen molar-refractivity contribution in [2.75, 3.05) is 0 Å². The Morgan fingerprint density at radius 1 is 1.35 bits per heavy atom. The molecule has 2 aromatic heterocycles. The molecule has 0 amide bonds. The van der Waals surface area contributed by atoms with Crippen LogP contribution in [0.3, 0.4) is 0 Å². The van der Waals surface area contributed by atoms with Crippen molar-refractivity contribution >= 4 is 0 Å². The van der Waals surface area contributed by atoms with E-state index in [0.717, 1.165) is 17.9 Å². The zero-order valence-electron chi connectivity index (χ0n) is 10.0. The molecule has 0 saturated carbocycles. The standard InChI is InChI=1S/C12H16N4O/c1-3-16-12(14-8-15-16)6-11(17)10-5-4-9(2)7-13-10/h4-5,7-8,11,17H,3,6H2,1-2H3. The highest BCUT2D eigenvalue weighted by molar-refractivity contribution is 5.14. The highest BCUT2D eigenvalue weighted by Crippen LogP contribution is 2.15. The zero-order chi connectivity index (χ0) is 12.3. The third-order valence-electron chi connectivity index (χ3n) is 2.65. The van der Waals surface area contributed by atoms with E-state index >= 15 is 0 Å². The predicted octanol–water partition coefficient (Wildman–Crippen LogP) is 1.28. The largest absolute Gasteiger partial charge is 0.386 e. The van der Waals surface area contributed by atoms with E-state index in [4.69, 9.17) is 0 Å². The summed E-state index contributed by atoms with van der Waals surface area (Å²) in [7, 11) is 0. The normalized spacial score (nSPS) is 12.6. The summed E-state index contributed by atoms with van der Waals surface area (Å²) in [5.41, 5.74) is 1.75. The number of pyridine rings is 1. The lowest BCUT2D eigenvalue weighted by molar-refractivity contribution is 0.169. The molecule has 0 aliphatic heterocycles. The molecule has 0 bridgehead atoms. The van der Waals surface area contributed by atoms with Crippen molar-refractivity contribution in [3.8, 4) is 0 Å². The molecule has 5 nitrogen and oxygen atoms in total. The molecule has 0 aliphatic rings. The summed E-state index contributed by atoms with van der Waals surface area (Å²) in [6, 6.07) is 3.78. The fourth-order valence-electron chi connectivity index (χ4n) is 1.66. The molecule has 2 heterocycles. The lowest BCUT2D eigenvalue weighted by atomic mass is 10.1. The van der Waals surface area contributed by atoms with Crippen molar-refractivity contribution in [2.24, 2.45) is 0 Å². The summed E-state index contributed by atoms with van der Waals surface area (Å²) in [6.07, 6.45) is 3.06. The van der Waals surface area contributed by atoms with Crippen LogP contribution in [-0.4, -0.2) is 24.9 Å². The van der Waals surface area contributed by atoms with Gasteiger partial charge in [-0.3, -0.25) is 9.67 Å². The quantitative estimate of drug-likeness (QED) is 0.862. The highest BCUT2D eigenvalue weighted by atomic mass is 16.3. The first-order chi connectivity index (χ1) is 8.20. The van der Waals surface area contributed by atoms with Gasteiger partial charge in [0.1, 0.15) is 18.3 Å². The number of aryl methyl sites for hydroxylation is 2. The molecule has 2 rings (SSSR count). The Bertz CT molecular complexity index is 478. The van der Waals surface area contributed by atoms with Crippen LogP contribution in [0.2, 0.25) is 0 Å². The van der Waals surface area contributed by atoms with Crippen LogP contribution < -0.4 is 0 Å². The van der Waals surface area contributed by atoms with E-state index in [1.165, 1.54) is 6.33 Å². The lowest BCUT2D eigenvalue weighted by Crippen LogP contribution is -2.10. The van der Waals surface area contributed by atoms with E-state index in [1.54, 1.807) is 10.9 Å². The van der Waals surface area contributed by atoms with Gasteiger partial charge in [0.05, 0.1) is 5.69 Å². The van der Waals surface area contributed by atoms with E-state index in [1.807, 2.05) is 26.0 Å². The lowest BCUT2D eigenvalue weighted by Gasteiger charge is -2.10. The Morgan fingerprint density at radius 2 is 2.18 bits per heavy atom. The maximum absolute atomic E-state index is 10.1. The Morgan fingerprint density at radius 3 is 2.82 bits per heavy atom. The highest BCUT2D eigenvalue weighted by Gasteiger charge is 2.13. The second-order valence-electron chi connectivity index (χ2n) is 3.97. The van der Waals surface area contributed by atoms with Gasteiger partial charge < -0.3 is 5.11 Å². The third-order valence-corrected chi connectivity index (χ3v) is 2.65. The summed E-state index contributed by atoms with van der Waals surface area (Å²) >= 11 is 0. The first kappa shape index (κ1) is 11.7. The average Bonchev–Trinajstić information content (AvgIpc) is 2.77. The van der Waals surface area contributed by atoms with E-state index in [0.29, 0.717) is 12.1 Å². The van der Waals surface area contributed by atoms with Crippen LogP contribution in [0.15, 0.2) is 24.7 Å². The second kappa shape index (κ2) is 5.05. The Labute approximate surface area is 100 Å². The van der Waals surface area contributed by atoms with Gasteiger partial charge in [-0.15, -0.1) is 0 Å². The topological polar surface area (TPSA) is 63.8 Å². The van der Waals surface area contributed by atoms with Gasteiger partial charge in [0.25, 0.3) is 0 Å². The molecule has 0 spiro atoms. The molecule has 90 valence electrons. The first-order valence-corrected chi connectivity index (χ1v) is 5.68. The smallest absolute Gasteiger partial charge is 0.138 e. The molecule has 0 aliphatic carbocycles. The predicted molar refractivity (Wildman–Crippen MR) is 63.3 cm³/mol. The van der Waals surface area contributed by atoms with E-state index in [2.05, 4.69) is 15.1 Å². The summed E-state index contributed by atoms with van der Waals surface area (Å²) in [5, 5.41) is 14.1. The minimum absolute atomic E-state index is 0.434. The average molecular weight is 232 g/mol. The summed E-state index contributed by atoms with van der Waals surface area (Å²) < 4.78 is 1.78. The number of rotatable bonds is 4. The van der Waals surface area contributed by atoms with Crippen LogP contribution in [0.5, 0.6) is 0 Å². The Kier molecular flexibility index (Phi) is 3.49. The number of hydrogen-bond acceptors (Lipinski definition) is 4. The van der Waals surface area contributed by atoms with Gasteiger partial charge >= 0.3 is 0 Å². The molecule has 0 radical (unpaired) electrons. The Balaban J connectivity index is 2.11. The molecule has 1 atom stereocenters. The molecule has 0 aromatic carbocycles. The van der Waals surface area contributed by atoms with Crippen LogP contribution in [0.25, 0.3) is 0 Å². The van der Waals surface area contributed by atoms with Crippen molar-refractivity contribution in [3.05, 3.63) is 41.7 Å². The molecule has 1 unspecified atom stereocenters. The van der Waals surface area contributed by atoms with Gasteiger partial charge in [-0.25, -0.2) is 4.98 Å². The van der Waals surface area contributed by atoms with Crippen LogP contribution in [0.4, 0.5) is 0 Å². The summed E-state index contributed by atoms with van der Waals surface area (Å²) in [4.78, 5) is 8.34. The monoisotopic (exact) mass is 232 g/mol. The van der Waals surface area contributed by atoms with E-state index < -0.39 is 6.10 Å². The van der Waals surface area contributed by atoms with Crippen molar-refractivity contribution in [1.29, 1.82) is 0 Å². The number of hydrogen-bond donors (Lipinski definition) is 1. The van der Waals surface area contributed by atoms with Crippen LogP contribution in [0, 0.1) is 6.92 Å². The molecular formula is C12H16N4O. The van der Waals surface area contributed by atoms with Crippen molar-refractivity contribution < 1.29 is 5.11 Å². The fourth-order valence-corrected chi connectivity index (χ4v) is 1.66. The van der Waals surface area contributed by atoms with Gasteiger partial charge in [-0.2, -0.15) is 5.10 Å². The maximum Gasteiger partial charge on any atom is 0.138 e. The second-order valence-corrected chi connectivity index (χ2v) is 3.97. The van der Waals surface area contributed by atoms with E-state index in [-0.39, 0.29) is 0 Å². The minimum atomic E-state index is -0.634. The molecule has 17 heavy (non-hydrogen) atoms. The molecule has 5 heteroatoms. The number of aromatic nitrogens is 4. The maximum atomic E-state index is 10.1. The van der Waals surface area contributed by atoms with Crippen molar-refractivity contribution in [2.45, 2.75) is 32.9 Å². The molecular weight excluding hydrogens is 216 g/mol. The number of nitrogens with zero attached hydrogens (tertiary/aromatic N) is 4. The SMILES string of the molecule is CCn1ncnc1CC(O)c1ccc(C)cn1. The number of aliphatic hydroxyl groups is 1. The molecule has 1 N–H and O–H groups in total. The summed E-state index contributed by atoms with van der Waals surface area (Å²) in [5.74, 6) is 0.780. The Hall–Kier alpha value is -1.75. The van der Waals surface area contributed by atoms with Crippen molar-refractivity contribution in [3.63, 3.8) is 0 Å². The van der Waals surface area contributed by atoms with Crippen LogP contribution in [-0.2, 0) is 13.0 Å². The molecule has 0 saturated heterocycles. The van der Waals surface area contributed by atoms with Gasteiger partial charge in [0.15, 0.2) is 0 Å². The van der Waals surface area contributed by atoms with Gasteiger partial charge in [-0.05, 0) is 25.5 Å². The van der Waals surface area contributed by atoms with Crippen LogP contribution >= 0.6 is 0 Å². The fraction of sp³-hybridized carbons (Fsp3) is 0.417. The molecule has 2 aromatic rings. The summed E-state index contributed by atoms with van der Waals surface area (Å²) in [6.45, 7) is 4.72. The van der Waals surface area contributed by atoms with Gasteiger partial charge in [0.2, 0.25) is 0 Å². The van der Waals surface area contributed by atoms with Crippen molar-refractivity contribution in [1.82, 2.24) is 19.7 Å². The van der Waals surface area contributed by atoms with Gasteiger partial charge in [-0.1, -0.05) is 6.07 Å². The third kappa shape index (κ3) is 2.68.